The number of hydrogen-bond donors (Lipinski definition) is 2. The van der Waals surface area contributed by atoms with Crippen molar-refractivity contribution in [2.75, 3.05) is 0 Å². The zero-order valence-electron chi connectivity index (χ0n) is 11.8. The van der Waals surface area contributed by atoms with Crippen LogP contribution in [0.25, 0.3) is 6.08 Å². The van der Waals surface area contributed by atoms with Crippen LogP contribution in [0.3, 0.4) is 0 Å². The highest BCUT2D eigenvalue weighted by Gasteiger charge is 2.11. The van der Waals surface area contributed by atoms with Gasteiger partial charge in [-0.05, 0) is 44.5 Å². The third-order valence-electron chi connectivity index (χ3n) is 2.39. The Morgan fingerprint density at radius 3 is 2.60 bits per heavy atom. The molecule has 2 N–H and O–H groups in total. The lowest BCUT2D eigenvalue weighted by Crippen LogP contribution is -2.37. The first kappa shape index (κ1) is 15.8. The normalized spacial score (nSPS) is 12.4. The SMILES string of the molecule is CC(C)Oc1cccc(/C=C/C(=O)NC(C)C(=O)O)c1. The van der Waals surface area contributed by atoms with Crippen LogP contribution in [0, 0.1) is 0 Å². The predicted molar refractivity (Wildman–Crippen MR) is 76.5 cm³/mol. The molecule has 20 heavy (non-hydrogen) atoms. The van der Waals surface area contributed by atoms with E-state index in [1.165, 1.54) is 13.0 Å². The third kappa shape index (κ3) is 5.56. The number of amides is 1. The molecule has 1 aromatic rings. The minimum Gasteiger partial charge on any atom is -0.491 e. The van der Waals surface area contributed by atoms with Gasteiger partial charge in [-0.2, -0.15) is 0 Å². The number of nitrogens with one attached hydrogen (secondary N) is 1. The number of carboxylic acid groups (broad SMARTS) is 1. The van der Waals surface area contributed by atoms with Gasteiger partial charge in [0.1, 0.15) is 11.8 Å². The number of carbonyl (C=O) groups excluding carboxylic acids is 1. The van der Waals surface area contributed by atoms with Crippen molar-refractivity contribution in [2.45, 2.75) is 32.9 Å². The molecule has 0 aromatic heterocycles. The summed E-state index contributed by atoms with van der Waals surface area (Å²) < 4.78 is 5.55. The number of benzene rings is 1. The van der Waals surface area contributed by atoms with Crippen LogP contribution in [0.2, 0.25) is 0 Å². The molecule has 0 heterocycles. The lowest BCUT2D eigenvalue weighted by Gasteiger charge is -2.09. The highest BCUT2D eigenvalue weighted by molar-refractivity contribution is 5.94. The molecule has 0 aliphatic heterocycles. The topological polar surface area (TPSA) is 75.6 Å². The van der Waals surface area contributed by atoms with E-state index in [1.807, 2.05) is 38.1 Å². The van der Waals surface area contributed by atoms with Crippen molar-refractivity contribution in [3.05, 3.63) is 35.9 Å². The zero-order valence-corrected chi connectivity index (χ0v) is 11.8. The van der Waals surface area contributed by atoms with Crippen LogP contribution in [0.1, 0.15) is 26.3 Å². The van der Waals surface area contributed by atoms with Crippen molar-refractivity contribution in [3.63, 3.8) is 0 Å². The number of carbonyl (C=O) groups is 2. The summed E-state index contributed by atoms with van der Waals surface area (Å²) in [7, 11) is 0. The van der Waals surface area contributed by atoms with Crippen molar-refractivity contribution in [1.82, 2.24) is 5.32 Å². The first-order valence-corrected chi connectivity index (χ1v) is 6.36. The molecule has 0 radical (unpaired) electrons. The van der Waals surface area contributed by atoms with Crippen molar-refractivity contribution in [2.24, 2.45) is 0 Å². The first-order chi connectivity index (χ1) is 9.38. The van der Waals surface area contributed by atoms with E-state index < -0.39 is 17.9 Å². The fourth-order valence-electron chi connectivity index (χ4n) is 1.46. The highest BCUT2D eigenvalue weighted by Crippen LogP contribution is 2.15. The zero-order chi connectivity index (χ0) is 15.1. The van der Waals surface area contributed by atoms with E-state index in [9.17, 15) is 9.59 Å². The Kier molecular flexibility index (Phi) is 5.77. The van der Waals surface area contributed by atoms with E-state index in [0.29, 0.717) is 0 Å². The van der Waals surface area contributed by atoms with Crippen LogP contribution < -0.4 is 10.1 Å². The number of aliphatic carboxylic acids is 1. The maximum absolute atomic E-state index is 11.5. The summed E-state index contributed by atoms with van der Waals surface area (Å²) in [6.45, 7) is 5.28. The largest absolute Gasteiger partial charge is 0.491 e. The third-order valence-corrected chi connectivity index (χ3v) is 2.39. The van der Waals surface area contributed by atoms with Gasteiger partial charge >= 0.3 is 5.97 Å². The van der Waals surface area contributed by atoms with Crippen molar-refractivity contribution >= 4 is 18.0 Å². The fraction of sp³-hybridized carbons (Fsp3) is 0.333. The Balaban J connectivity index is 2.65. The van der Waals surface area contributed by atoms with Gasteiger partial charge in [-0.3, -0.25) is 9.59 Å². The summed E-state index contributed by atoms with van der Waals surface area (Å²) in [4.78, 5) is 22.1. The molecule has 0 aliphatic rings. The van der Waals surface area contributed by atoms with Gasteiger partial charge in [0.15, 0.2) is 0 Å². The summed E-state index contributed by atoms with van der Waals surface area (Å²) in [6, 6.07) is 6.39. The smallest absolute Gasteiger partial charge is 0.325 e. The van der Waals surface area contributed by atoms with Gasteiger partial charge < -0.3 is 15.2 Å². The predicted octanol–water partition coefficient (Wildman–Crippen LogP) is 2.08. The molecule has 0 spiro atoms. The van der Waals surface area contributed by atoms with E-state index in [2.05, 4.69) is 5.32 Å². The van der Waals surface area contributed by atoms with Crippen molar-refractivity contribution in [3.8, 4) is 5.75 Å². The molecule has 1 amide bonds. The van der Waals surface area contributed by atoms with Gasteiger partial charge in [-0.15, -0.1) is 0 Å². The molecular formula is C15H19NO4. The molecular weight excluding hydrogens is 258 g/mol. The fourth-order valence-corrected chi connectivity index (χ4v) is 1.46. The van der Waals surface area contributed by atoms with Crippen LogP contribution in [0.5, 0.6) is 5.75 Å². The maximum atomic E-state index is 11.5. The van der Waals surface area contributed by atoms with Crippen LogP contribution in [-0.4, -0.2) is 29.1 Å². The summed E-state index contributed by atoms with van der Waals surface area (Å²) in [5, 5.41) is 11.0. The molecule has 5 heteroatoms. The standard InChI is InChI=1S/C15H19NO4/c1-10(2)20-13-6-4-5-12(9-13)7-8-14(17)16-11(3)15(18)19/h4-11H,1-3H3,(H,16,17)(H,18,19)/b8-7+. The van der Waals surface area contributed by atoms with Crippen LogP contribution >= 0.6 is 0 Å². The Morgan fingerprint density at radius 2 is 2.00 bits per heavy atom. The summed E-state index contributed by atoms with van der Waals surface area (Å²) in [5.74, 6) is -0.796. The van der Waals surface area contributed by atoms with E-state index in [4.69, 9.17) is 9.84 Å². The van der Waals surface area contributed by atoms with E-state index >= 15 is 0 Å². The Morgan fingerprint density at radius 1 is 1.30 bits per heavy atom. The quantitative estimate of drug-likeness (QED) is 0.781. The van der Waals surface area contributed by atoms with Gasteiger partial charge in [0.05, 0.1) is 6.10 Å². The Labute approximate surface area is 118 Å². The summed E-state index contributed by atoms with van der Waals surface area (Å²) in [5.41, 5.74) is 0.807. The molecule has 1 unspecified atom stereocenters. The number of carboxylic acids is 1. The lowest BCUT2D eigenvalue weighted by molar-refractivity contribution is -0.140. The van der Waals surface area contributed by atoms with E-state index in [0.717, 1.165) is 11.3 Å². The van der Waals surface area contributed by atoms with Gasteiger partial charge in [0.2, 0.25) is 5.91 Å². The second kappa shape index (κ2) is 7.33. The summed E-state index contributed by atoms with van der Waals surface area (Å²) >= 11 is 0. The highest BCUT2D eigenvalue weighted by atomic mass is 16.5. The Hall–Kier alpha value is -2.30. The van der Waals surface area contributed by atoms with Gasteiger partial charge in [-0.25, -0.2) is 0 Å². The Bertz CT molecular complexity index is 508. The molecule has 0 saturated carbocycles. The average Bonchev–Trinajstić information content (AvgIpc) is 2.36. The minimum absolute atomic E-state index is 0.0777. The second-order valence-electron chi connectivity index (χ2n) is 4.64. The molecule has 0 saturated heterocycles. The molecule has 0 aliphatic carbocycles. The maximum Gasteiger partial charge on any atom is 0.325 e. The molecule has 0 bridgehead atoms. The van der Waals surface area contributed by atoms with Gasteiger partial charge in [-0.1, -0.05) is 12.1 Å². The lowest BCUT2D eigenvalue weighted by atomic mass is 10.2. The molecule has 1 atom stereocenters. The van der Waals surface area contributed by atoms with Gasteiger partial charge in [0.25, 0.3) is 0 Å². The van der Waals surface area contributed by atoms with E-state index in [-0.39, 0.29) is 6.10 Å². The first-order valence-electron chi connectivity index (χ1n) is 6.36. The van der Waals surface area contributed by atoms with Crippen molar-refractivity contribution < 1.29 is 19.4 Å². The molecule has 1 rings (SSSR count). The van der Waals surface area contributed by atoms with Crippen molar-refractivity contribution in [1.29, 1.82) is 0 Å². The number of ether oxygens (including phenoxy) is 1. The average molecular weight is 277 g/mol. The molecule has 1 aromatic carbocycles. The van der Waals surface area contributed by atoms with Crippen LogP contribution in [0.4, 0.5) is 0 Å². The molecule has 5 nitrogen and oxygen atoms in total. The van der Waals surface area contributed by atoms with Gasteiger partial charge in [0, 0.05) is 6.08 Å². The number of rotatable bonds is 6. The molecule has 0 fully saturated rings. The van der Waals surface area contributed by atoms with E-state index in [1.54, 1.807) is 6.08 Å². The number of hydrogen-bond acceptors (Lipinski definition) is 3. The summed E-state index contributed by atoms with van der Waals surface area (Å²) in [6.07, 6.45) is 2.99. The second-order valence-corrected chi connectivity index (χ2v) is 4.64. The van der Waals surface area contributed by atoms with Crippen LogP contribution in [-0.2, 0) is 9.59 Å². The van der Waals surface area contributed by atoms with Crippen LogP contribution in [0.15, 0.2) is 30.3 Å². The monoisotopic (exact) mass is 277 g/mol. The molecule has 108 valence electrons. The minimum atomic E-state index is -1.07.